The minimum Gasteiger partial charge on any atom is -0.441 e. The van der Waals surface area contributed by atoms with Crippen molar-refractivity contribution in [1.82, 2.24) is 25.0 Å². The molecule has 0 spiro atoms. The van der Waals surface area contributed by atoms with Gasteiger partial charge < -0.3 is 10.1 Å². The number of carbonyl (C=O) groups is 2. The Kier molecular flexibility index (Phi) is 6.85. The first kappa shape index (κ1) is 25.4. The lowest BCUT2D eigenvalue weighted by molar-refractivity contribution is -0.240. The van der Waals surface area contributed by atoms with Crippen molar-refractivity contribution in [3.63, 3.8) is 0 Å². The van der Waals surface area contributed by atoms with Gasteiger partial charge in [0, 0.05) is 18.8 Å². The number of halogens is 4. The van der Waals surface area contributed by atoms with Crippen molar-refractivity contribution in [1.29, 1.82) is 0 Å². The fourth-order valence-corrected chi connectivity index (χ4v) is 4.02. The molecule has 0 aliphatic heterocycles. The lowest BCUT2D eigenvalue weighted by atomic mass is 9.67. The molecule has 1 fully saturated rings. The Morgan fingerprint density at radius 2 is 1.94 bits per heavy atom. The SMILES string of the molecule is C[C@@H](OC(=O)Nc1c(-c2ccc(NC(=O)C3(C(F)(F)F)CCC3)cn2)nnn1C)c1cccnc1Cl. The molecule has 0 bridgehead atoms. The van der Waals surface area contributed by atoms with Gasteiger partial charge in [0.05, 0.1) is 17.6 Å². The predicted molar refractivity (Wildman–Crippen MR) is 123 cm³/mol. The number of rotatable bonds is 6. The van der Waals surface area contributed by atoms with Gasteiger partial charge in [0.15, 0.2) is 11.5 Å². The lowest BCUT2D eigenvalue weighted by Gasteiger charge is -2.41. The third kappa shape index (κ3) is 4.83. The number of alkyl halides is 3. The van der Waals surface area contributed by atoms with Crippen LogP contribution in [0.1, 0.15) is 37.9 Å². The highest BCUT2D eigenvalue weighted by Crippen LogP contribution is 2.53. The minimum absolute atomic E-state index is 0.0965. The Labute approximate surface area is 208 Å². The van der Waals surface area contributed by atoms with Crippen LogP contribution in [-0.4, -0.2) is 43.1 Å². The van der Waals surface area contributed by atoms with Crippen LogP contribution in [0.3, 0.4) is 0 Å². The standard InChI is InChI=1S/C22H21ClF3N7O3/c1-12(14-5-3-10-27-17(14)23)36-20(35)30-18-16(31-32-33(18)2)15-7-6-13(11-28-15)29-19(34)21(8-4-9-21)22(24,25)26/h3,5-7,10-12H,4,8-9H2,1-2H3,(H,29,34)(H,30,35)/t12-/m1/s1. The normalized spacial score (nSPS) is 15.5. The second kappa shape index (κ2) is 9.72. The number of anilines is 2. The predicted octanol–water partition coefficient (Wildman–Crippen LogP) is 4.91. The van der Waals surface area contributed by atoms with E-state index >= 15 is 0 Å². The second-order valence-corrected chi connectivity index (χ2v) is 8.64. The summed E-state index contributed by atoms with van der Waals surface area (Å²) in [6.45, 7) is 1.63. The van der Waals surface area contributed by atoms with Gasteiger partial charge in [-0.15, -0.1) is 5.10 Å². The zero-order valence-electron chi connectivity index (χ0n) is 19.1. The number of pyridine rings is 2. The average Bonchev–Trinajstić information content (AvgIpc) is 3.12. The Bertz CT molecular complexity index is 1280. The van der Waals surface area contributed by atoms with Gasteiger partial charge in [-0.3, -0.25) is 15.1 Å². The highest BCUT2D eigenvalue weighted by atomic mass is 35.5. The summed E-state index contributed by atoms with van der Waals surface area (Å²) in [7, 11) is 1.54. The van der Waals surface area contributed by atoms with Crippen LogP contribution in [-0.2, 0) is 16.6 Å². The maximum absolute atomic E-state index is 13.4. The summed E-state index contributed by atoms with van der Waals surface area (Å²) in [5.41, 5.74) is -1.31. The summed E-state index contributed by atoms with van der Waals surface area (Å²) in [5, 5.41) is 12.9. The topological polar surface area (TPSA) is 124 Å². The molecule has 2 N–H and O–H groups in total. The molecule has 3 aromatic heterocycles. The van der Waals surface area contributed by atoms with Gasteiger partial charge in [0.2, 0.25) is 5.91 Å². The number of amides is 2. The molecule has 1 aliphatic rings. The van der Waals surface area contributed by atoms with Gasteiger partial charge in [-0.25, -0.2) is 14.5 Å². The quantitative estimate of drug-likeness (QED) is 0.440. The van der Waals surface area contributed by atoms with Crippen molar-refractivity contribution in [2.75, 3.05) is 10.6 Å². The maximum atomic E-state index is 13.4. The van der Waals surface area contributed by atoms with Crippen LogP contribution in [0, 0.1) is 5.41 Å². The van der Waals surface area contributed by atoms with Crippen LogP contribution in [0.4, 0.5) is 29.5 Å². The van der Waals surface area contributed by atoms with Crippen LogP contribution in [0.15, 0.2) is 36.7 Å². The van der Waals surface area contributed by atoms with Crippen LogP contribution < -0.4 is 10.6 Å². The molecule has 0 saturated heterocycles. The fourth-order valence-electron chi connectivity index (χ4n) is 3.75. The Balaban J connectivity index is 1.45. The molecule has 36 heavy (non-hydrogen) atoms. The van der Waals surface area contributed by atoms with E-state index in [0.29, 0.717) is 12.0 Å². The molecule has 10 nitrogen and oxygen atoms in total. The van der Waals surface area contributed by atoms with Crippen LogP contribution in [0.25, 0.3) is 11.4 Å². The number of hydrogen-bond acceptors (Lipinski definition) is 7. The van der Waals surface area contributed by atoms with Crippen molar-refractivity contribution >= 4 is 35.1 Å². The molecule has 190 valence electrons. The van der Waals surface area contributed by atoms with Crippen molar-refractivity contribution in [2.45, 2.75) is 38.5 Å². The first-order valence-electron chi connectivity index (χ1n) is 10.8. The Morgan fingerprint density at radius 3 is 2.53 bits per heavy atom. The van der Waals surface area contributed by atoms with Crippen molar-refractivity contribution < 1.29 is 27.5 Å². The molecule has 1 saturated carbocycles. The summed E-state index contributed by atoms with van der Waals surface area (Å²) in [6.07, 6.45) is -3.57. The third-order valence-electron chi connectivity index (χ3n) is 6.01. The maximum Gasteiger partial charge on any atom is 0.413 e. The second-order valence-electron chi connectivity index (χ2n) is 8.29. The summed E-state index contributed by atoms with van der Waals surface area (Å²) >= 11 is 6.04. The molecule has 1 aliphatic carbocycles. The minimum atomic E-state index is -4.63. The van der Waals surface area contributed by atoms with E-state index in [2.05, 4.69) is 30.9 Å². The highest BCUT2D eigenvalue weighted by Gasteiger charge is 2.63. The van der Waals surface area contributed by atoms with E-state index in [1.54, 1.807) is 19.1 Å². The monoisotopic (exact) mass is 523 g/mol. The molecule has 1 atom stereocenters. The number of nitrogens with one attached hydrogen (secondary N) is 2. The van der Waals surface area contributed by atoms with E-state index in [1.807, 2.05) is 0 Å². The summed E-state index contributed by atoms with van der Waals surface area (Å²) < 4.78 is 46.8. The molecule has 0 unspecified atom stereocenters. The lowest BCUT2D eigenvalue weighted by Crippen LogP contribution is -2.52. The average molecular weight is 524 g/mol. The van der Waals surface area contributed by atoms with Gasteiger partial charge in [0.25, 0.3) is 0 Å². The molecule has 2 amide bonds. The number of ether oxygens (including phenoxy) is 1. The van der Waals surface area contributed by atoms with Crippen LogP contribution in [0.2, 0.25) is 5.15 Å². The van der Waals surface area contributed by atoms with Crippen molar-refractivity contribution in [2.24, 2.45) is 12.5 Å². The molecule has 0 aromatic carbocycles. The molecule has 3 aromatic rings. The van der Waals surface area contributed by atoms with Gasteiger partial charge in [-0.1, -0.05) is 29.3 Å². The molecule has 4 rings (SSSR count). The van der Waals surface area contributed by atoms with E-state index < -0.39 is 29.7 Å². The van der Waals surface area contributed by atoms with Gasteiger partial charge in [-0.05, 0) is 38.0 Å². The van der Waals surface area contributed by atoms with Crippen molar-refractivity contribution in [3.8, 4) is 11.4 Å². The number of aromatic nitrogens is 5. The molecular weight excluding hydrogens is 503 g/mol. The fraction of sp³-hybridized carbons (Fsp3) is 0.364. The largest absolute Gasteiger partial charge is 0.441 e. The van der Waals surface area contributed by atoms with Gasteiger partial charge >= 0.3 is 12.3 Å². The zero-order chi connectivity index (χ0) is 26.1. The van der Waals surface area contributed by atoms with Crippen LogP contribution >= 0.6 is 11.6 Å². The molecule has 3 heterocycles. The van der Waals surface area contributed by atoms with E-state index in [-0.39, 0.29) is 40.9 Å². The molecule has 0 radical (unpaired) electrons. The van der Waals surface area contributed by atoms with Gasteiger partial charge in [-0.2, -0.15) is 13.2 Å². The summed E-state index contributed by atoms with van der Waals surface area (Å²) in [5.74, 6) is -0.942. The smallest absolute Gasteiger partial charge is 0.413 e. The van der Waals surface area contributed by atoms with Crippen molar-refractivity contribution in [3.05, 3.63) is 47.4 Å². The Morgan fingerprint density at radius 1 is 1.19 bits per heavy atom. The Hall–Kier alpha value is -3.74. The summed E-state index contributed by atoms with van der Waals surface area (Å²) in [4.78, 5) is 33.0. The highest BCUT2D eigenvalue weighted by molar-refractivity contribution is 6.30. The molecular formula is C22H21ClF3N7O3. The van der Waals surface area contributed by atoms with E-state index in [0.717, 1.165) is 0 Å². The van der Waals surface area contributed by atoms with E-state index in [1.165, 1.54) is 36.3 Å². The van der Waals surface area contributed by atoms with Gasteiger partial charge in [0.1, 0.15) is 16.7 Å². The number of carbonyl (C=O) groups excluding carboxylic acids is 2. The summed E-state index contributed by atoms with van der Waals surface area (Å²) in [6, 6.07) is 6.17. The zero-order valence-corrected chi connectivity index (χ0v) is 19.9. The van der Waals surface area contributed by atoms with E-state index in [9.17, 15) is 22.8 Å². The number of hydrogen-bond donors (Lipinski definition) is 2. The number of nitrogens with zero attached hydrogens (tertiary/aromatic N) is 5. The molecule has 14 heteroatoms. The third-order valence-corrected chi connectivity index (χ3v) is 6.32. The first-order chi connectivity index (χ1) is 17.0. The van der Waals surface area contributed by atoms with E-state index in [4.69, 9.17) is 16.3 Å². The number of aryl methyl sites for hydroxylation is 1. The van der Waals surface area contributed by atoms with Crippen LogP contribution in [0.5, 0.6) is 0 Å². The first-order valence-corrected chi connectivity index (χ1v) is 11.2.